The monoisotopic (exact) mass is 257 g/mol. The Labute approximate surface area is 91.2 Å². The van der Waals surface area contributed by atoms with E-state index in [4.69, 9.17) is 0 Å². The zero-order chi connectivity index (χ0) is 13.3. The van der Waals surface area contributed by atoms with Gasteiger partial charge < -0.3 is 0 Å². The van der Waals surface area contributed by atoms with Crippen LogP contribution in [0.2, 0.25) is 0 Å². The van der Waals surface area contributed by atoms with Gasteiger partial charge in [-0.05, 0) is 17.7 Å². The molecular weight excluding hydrogens is 252 g/mol. The first-order valence-corrected chi connectivity index (χ1v) is 4.22. The lowest BCUT2D eigenvalue weighted by Gasteiger charge is -2.15. The van der Waals surface area contributed by atoms with Crippen molar-refractivity contribution >= 4 is 0 Å². The molecule has 17 heavy (non-hydrogen) atoms. The fourth-order valence-electron chi connectivity index (χ4n) is 1.19. The van der Waals surface area contributed by atoms with Crippen LogP contribution in [0.25, 0.3) is 0 Å². The number of nitrogens with zero attached hydrogens (tertiary/aromatic N) is 1. The summed E-state index contributed by atoms with van der Waals surface area (Å²) in [4.78, 5) is 10.1. The van der Waals surface area contributed by atoms with Crippen LogP contribution in [0.3, 0.4) is 0 Å². The molecule has 0 radical (unpaired) electrons. The summed E-state index contributed by atoms with van der Waals surface area (Å²) in [5, 5.41) is 1.81. The van der Waals surface area contributed by atoms with Crippen LogP contribution in [0.1, 0.15) is 17.2 Å². The Morgan fingerprint density at radius 2 is 1.65 bits per heavy atom. The molecule has 94 valence electrons. The van der Waals surface area contributed by atoms with Crippen molar-refractivity contribution in [3.05, 3.63) is 40.3 Å². The second kappa shape index (κ2) is 4.34. The number of hydrogen-bond acceptors (Lipinski definition) is 2. The molecule has 0 heterocycles. The van der Waals surface area contributed by atoms with Gasteiger partial charge in [0.15, 0.2) is 0 Å². The molecule has 0 bridgehead atoms. The molecule has 0 fully saturated rings. The van der Waals surface area contributed by atoms with Gasteiger partial charge in [-0.25, -0.2) is 0 Å². The number of rotatable bonds is 2. The fourth-order valence-corrected chi connectivity index (χ4v) is 1.19. The first-order chi connectivity index (χ1) is 7.66. The fraction of sp³-hybridized carbons (Fsp3) is 0.333. The zero-order valence-corrected chi connectivity index (χ0v) is 8.01. The molecule has 0 saturated heterocycles. The summed E-state index contributed by atoms with van der Waals surface area (Å²) in [5.41, 5.74) is -2.09. The van der Waals surface area contributed by atoms with Crippen LogP contribution in [0.15, 0.2) is 29.4 Å². The molecule has 0 N–H and O–H groups in total. The standard InChI is InChI=1S/C9H5F6NO/c10-8(11,12)6-3-1-2-5(4-6)7(16-17)9(13,14)15/h1-4,7H. The molecule has 0 aliphatic carbocycles. The molecular formula is C9H5F6NO. The number of halogens is 6. The maximum atomic E-state index is 12.3. The number of alkyl halides is 6. The van der Waals surface area contributed by atoms with E-state index in [-0.39, 0.29) is 6.07 Å². The van der Waals surface area contributed by atoms with E-state index in [1.807, 2.05) is 5.18 Å². The van der Waals surface area contributed by atoms with Gasteiger partial charge in [-0.2, -0.15) is 26.3 Å². The normalized spacial score (nSPS) is 14.5. The van der Waals surface area contributed by atoms with Gasteiger partial charge in [0.1, 0.15) is 0 Å². The van der Waals surface area contributed by atoms with Crippen LogP contribution < -0.4 is 0 Å². The third-order valence-corrected chi connectivity index (χ3v) is 1.95. The highest BCUT2D eigenvalue weighted by molar-refractivity contribution is 5.28. The molecule has 1 aromatic rings. The number of hydrogen-bond donors (Lipinski definition) is 0. The van der Waals surface area contributed by atoms with Crippen LogP contribution in [0, 0.1) is 4.91 Å². The van der Waals surface area contributed by atoms with Crippen LogP contribution in [-0.4, -0.2) is 6.18 Å². The summed E-state index contributed by atoms with van der Waals surface area (Å²) in [6.45, 7) is 0. The minimum absolute atomic E-state index is 0.263. The SMILES string of the molecule is O=NC(c1cccc(C(F)(F)F)c1)C(F)(F)F. The van der Waals surface area contributed by atoms with Gasteiger partial charge in [-0.3, -0.25) is 0 Å². The molecule has 2 nitrogen and oxygen atoms in total. The summed E-state index contributed by atoms with van der Waals surface area (Å²) in [6.07, 6.45) is -9.78. The highest BCUT2D eigenvalue weighted by atomic mass is 19.4. The third-order valence-electron chi connectivity index (χ3n) is 1.95. The van der Waals surface area contributed by atoms with Gasteiger partial charge in [-0.1, -0.05) is 17.3 Å². The van der Waals surface area contributed by atoms with E-state index < -0.39 is 29.5 Å². The van der Waals surface area contributed by atoms with Gasteiger partial charge >= 0.3 is 12.4 Å². The lowest BCUT2D eigenvalue weighted by atomic mass is 10.0. The maximum absolute atomic E-state index is 12.3. The lowest BCUT2D eigenvalue weighted by Crippen LogP contribution is -2.19. The van der Waals surface area contributed by atoms with E-state index in [0.29, 0.717) is 6.07 Å². The number of benzene rings is 1. The van der Waals surface area contributed by atoms with Crippen LogP contribution in [0.4, 0.5) is 26.3 Å². The summed E-state index contributed by atoms with van der Waals surface area (Å²) in [5.74, 6) is 0. The second-order valence-corrected chi connectivity index (χ2v) is 3.17. The quantitative estimate of drug-likeness (QED) is 0.580. The smallest absolute Gasteiger partial charge is 0.168 e. The van der Waals surface area contributed by atoms with Crippen molar-refractivity contribution < 1.29 is 26.3 Å². The van der Waals surface area contributed by atoms with Crippen molar-refractivity contribution in [1.82, 2.24) is 0 Å². The van der Waals surface area contributed by atoms with Crippen LogP contribution in [-0.2, 0) is 6.18 Å². The van der Waals surface area contributed by atoms with Crippen LogP contribution in [0.5, 0.6) is 0 Å². The van der Waals surface area contributed by atoms with Gasteiger partial charge in [0.05, 0.1) is 5.56 Å². The van der Waals surface area contributed by atoms with Crippen molar-refractivity contribution in [2.45, 2.75) is 18.4 Å². The Morgan fingerprint density at radius 1 is 1.06 bits per heavy atom. The lowest BCUT2D eigenvalue weighted by molar-refractivity contribution is -0.150. The zero-order valence-electron chi connectivity index (χ0n) is 8.01. The summed E-state index contributed by atoms with van der Waals surface area (Å²) >= 11 is 0. The largest absolute Gasteiger partial charge is 0.418 e. The molecule has 0 amide bonds. The second-order valence-electron chi connectivity index (χ2n) is 3.17. The highest BCUT2D eigenvalue weighted by Gasteiger charge is 2.43. The third kappa shape index (κ3) is 3.18. The molecule has 0 aliphatic rings. The predicted molar refractivity (Wildman–Crippen MR) is 46.0 cm³/mol. The van der Waals surface area contributed by atoms with E-state index >= 15 is 0 Å². The molecule has 1 atom stereocenters. The summed E-state index contributed by atoms with van der Waals surface area (Å²) < 4.78 is 73.5. The van der Waals surface area contributed by atoms with E-state index in [1.165, 1.54) is 0 Å². The van der Waals surface area contributed by atoms with Gasteiger partial charge in [0.2, 0.25) is 6.04 Å². The first kappa shape index (κ1) is 13.5. The molecule has 1 rings (SSSR count). The van der Waals surface area contributed by atoms with Crippen molar-refractivity contribution in [2.24, 2.45) is 5.18 Å². The van der Waals surface area contributed by atoms with E-state index in [1.54, 1.807) is 0 Å². The van der Waals surface area contributed by atoms with Gasteiger partial charge in [0.25, 0.3) is 0 Å². The summed E-state index contributed by atoms with van der Waals surface area (Å²) in [6, 6.07) is -0.345. The Hall–Kier alpha value is -1.60. The minimum atomic E-state index is -5.01. The molecule has 1 aromatic carbocycles. The maximum Gasteiger partial charge on any atom is 0.418 e. The van der Waals surface area contributed by atoms with Crippen molar-refractivity contribution in [3.63, 3.8) is 0 Å². The van der Waals surface area contributed by atoms with Gasteiger partial charge in [0, 0.05) is 0 Å². The van der Waals surface area contributed by atoms with E-state index in [0.717, 1.165) is 12.1 Å². The number of nitroso groups, excluding NO2 is 1. The topological polar surface area (TPSA) is 29.4 Å². The molecule has 0 spiro atoms. The van der Waals surface area contributed by atoms with E-state index in [9.17, 15) is 31.2 Å². The van der Waals surface area contributed by atoms with Crippen LogP contribution >= 0.6 is 0 Å². The molecule has 0 aliphatic heterocycles. The van der Waals surface area contributed by atoms with Gasteiger partial charge in [-0.15, -0.1) is 4.91 Å². The Kier molecular flexibility index (Phi) is 3.44. The highest BCUT2D eigenvalue weighted by Crippen LogP contribution is 2.38. The molecule has 8 heteroatoms. The Morgan fingerprint density at radius 3 is 2.06 bits per heavy atom. The minimum Gasteiger partial charge on any atom is -0.168 e. The van der Waals surface area contributed by atoms with Crippen molar-refractivity contribution in [1.29, 1.82) is 0 Å². The Balaban J connectivity index is 3.19. The van der Waals surface area contributed by atoms with Crippen molar-refractivity contribution in [2.75, 3.05) is 0 Å². The molecule has 0 saturated carbocycles. The predicted octanol–water partition coefficient (Wildman–Crippen LogP) is 4.08. The van der Waals surface area contributed by atoms with Crippen molar-refractivity contribution in [3.8, 4) is 0 Å². The summed E-state index contributed by atoms with van der Waals surface area (Å²) in [7, 11) is 0. The first-order valence-electron chi connectivity index (χ1n) is 4.22. The average Bonchev–Trinajstić information content (AvgIpc) is 2.15. The Bertz CT molecular complexity index is 411. The molecule has 1 unspecified atom stereocenters. The molecule has 0 aromatic heterocycles. The average molecular weight is 257 g/mol. The van der Waals surface area contributed by atoms with E-state index in [2.05, 4.69) is 0 Å².